The predicted molar refractivity (Wildman–Crippen MR) is 283 cm³/mol. The highest BCUT2D eigenvalue weighted by atomic mass is 16.6. The second-order valence-corrected chi connectivity index (χ2v) is 16.8. The van der Waals surface area contributed by atoms with Gasteiger partial charge >= 0.3 is 17.9 Å². The molecule has 0 aromatic carbocycles. The third kappa shape index (κ3) is 50.5. The number of unbranched alkanes of at least 4 members (excludes halogenated alkanes) is 15. The fourth-order valence-electron chi connectivity index (χ4n) is 6.58. The summed E-state index contributed by atoms with van der Waals surface area (Å²) < 4.78 is 16.7. The van der Waals surface area contributed by atoms with Gasteiger partial charge in [-0.2, -0.15) is 0 Å². The number of carbonyl (C=O) groups excluding carboxylic acids is 3. The summed E-state index contributed by atoms with van der Waals surface area (Å²) in [6, 6.07) is 0. The minimum absolute atomic E-state index is 0.124. The van der Waals surface area contributed by atoms with Crippen LogP contribution in [0.25, 0.3) is 0 Å². The number of carbonyl (C=O) groups is 3. The molecular formula is C60H94O6. The molecule has 1 unspecified atom stereocenters. The van der Waals surface area contributed by atoms with Crippen LogP contribution in [0.5, 0.6) is 0 Å². The summed E-state index contributed by atoms with van der Waals surface area (Å²) in [6.45, 7) is 6.27. The van der Waals surface area contributed by atoms with Crippen molar-refractivity contribution in [1.29, 1.82) is 0 Å². The van der Waals surface area contributed by atoms with Gasteiger partial charge in [0.15, 0.2) is 6.10 Å². The van der Waals surface area contributed by atoms with Gasteiger partial charge in [0.25, 0.3) is 0 Å². The Morgan fingerprint density at radius 1 is 0.333 bits per heavy atom. The van der Waals surface area contributed by atoms with Crippen molar-refractivity contribution in [2.75, 3.05) is 13.2 Å². The van der Waals surface area contributed by atoms with E-state index in [-0.39, 0.29) is 44.0 Å². The normalized spacial score (nSPS) is 13.2. The van der Waals surface area contributed by atoms with Gasteiger partial charge in [-0.3, -0.25) is 14.4 Å². The molecule has 0 rings (SSSR count). The topological polar surface area (TPSA) is 78.9 Å². The van der Waals surface area contributed by atoms with Gasteiger partial charge in [-0.05, 0) is 109 Å². The molecule has 0 fully saturated rings. The second kappa shape index (κ2) is 53.2. The van der Waals surface area contributed by atoms with Gasteiger partial charge in [-0.1, -0.05) is 212 Å². The molecule has 0 bridgehead atoms. The lowest BCUT2D eigenvalue weighted by atomic mass is 10.1. The maximum Gasteiger partial charge on any atom is 0.306 e. The molecule has 0 aromatic rings. The zero-order valence-electron chi connectivity index (χ0n) is 42.1. The number of ether oxygens (including phenoxy) is 3. The van der Waals surface area contributed by atoms with Gasteiger partial charge in [0.1, 0.15) is 13.2 Å². The lowest BCUT2D eigenvalue weighted by molar-refractivity contribution is -0.167. The van der Waals surface area contributed by atoms with Gasteiger partial charge in [0.2, 0.25) is 0 Å². The third-order valence-electron chi connectivity index (χ3n) is 10.5. The first-order valence-corrected chi connectivity index (χ1v) is 26.2. The summed E-state index contributed by atoms with van der Waals surface area (Å²) in [4.78, 5) is 38.0. The summed E-state index contributed by atoms with van der Waals surface area (Å²) in [5.41, 5.74) is 0. The van der Waals surface area contributed by atoms with Gasteiger partial charge < -0.3 is 14.2 Å². The molecule has 6 nitrogen and oxygen atoms in total. The van der Waals surface area contributed by atoms with E-state index >= 15 is 0 Å². The van der Waals surface area contributed by atoms with E-state index in [1.165, 1.54) is 44.9 Å². The summed E-state index contributed by atoms with van der Waals surface area (Å²) in [5, 5.41) is 0. The van der Waals surface area contributed by atoms with Crippen molar-refractivity contribution < 1.29 is 28.6 Å². The van der Waals surface area contributed by atoms with Crippen LogP contribution in [-0.4, -0.2) is 37.2 Å². The van der Waals surface area contributed by atoms with Gasteiger partial charge in [0, 0.05) is 19.3 Å². The Balaban J connectivity index is 4.59. The molecule has 0 aliphatic rings. The van der Waals surface area contributed by atoms with Crippen LogP contribution in [0.2, 0.25) is 0 Å². The average molecular weight is 911 g/mol. The lowest BCUT2D eigenvalue weighted by Gasteiger charge is -2.18. The Bertz CT molecular complexity index is 1460. The summed E-state index contributed by atoms with van der Waals surface area (Å²) >= 11 is 0. The Hall–Kier alpha value is -4.45. The molecule has 0 spiro atoms. The van der Waals surface area contributed by atoms with Crippen LogP contribution in [-0.2, 0) is 28.6 Å². The van der Waals surface area contributed by atoms with Crippen molar-refractivity contribution in [2.45, 2.75) is 213 Å². The van der Waals surface area contributed by atoms with E-state index in [1.807, 2.05) is 24.3 Å². The van der Waals surface area contributed by atoms with Crippen LogP contribution >= 0.6 is 0 Å². The minimum atomic E-state index is -0.830. The number of hydrogen-bond acceptors (Lipinski definition) is 6. The SMILES string of the molecule is CC\C=C/C=C\C=C/C=C\CCCCCCCC(=O)OCC(COC(=O)CCC/C=C\C/C=C\C/C=C\CCCCCCCC)OC(=O)CCCCC/C=C\C/C=C\C/C=C\C/C=C\CC. The highest BCUT2D eigenvalue weighted by molar-refractivity contribution is 5.71. The van der Waals surface area contributed by atoms with E-state index in [1.54, 1.807) is 0 Å². The quantitative estimate of drug-likeness (QED) is 0.0199. The number of allylic oxidation sites excluding steroid dienone is 22. The van der Waals surface area contributed by atoms with Crippen LogP contribution in [0.3, 0.4) is 0 Å². The van der Waals surface area contributed by atoms with Crippen molar-refractivity contribution in [1.82, 2.24) is 0 Å². The van der Waals surface area contributed by atoms with Gasteiger partial charge in [-0.15, -0.1) is 0 Å². The number of esters is 3. The average Bonchev–Trinajstić information content (AvgIpc) is 3.31. The zero-order chi connectivity index (χ0) is 47.9. The summed E-state index contributed by atoms with van der Waals surface area (Å²) in [7, 11) is 0. The van der Waals surface area contributed by atoms with Crippen LogP contribution in [0.4, 0.5) is 0 Å². The molecule has 0 aliphatic carbocycles. The van der Waals surface area contributed by atoms with Gasteiger partial charge in [0.05, 0.1) is 0 Å². The van der Waals surface area contributed by atoms with E-state index in [0.717, 1.165) is 109 Å². The maximum absolute atomic E-state index is 12.8. The molecule has 0 N–H and O–H groups in total. The molecule has 0 heterocycles. The standard InChI is InChI=1S/C60H94O6/c1-4-7-10-13-16-19-22-25-28-30-33-35-38-41-44-47-50-53-59(62)65-56-57(55-64-58(61)52-49-46-43-40-37-34-31-27-24-21-18-15-12-9-6-3)66-60(63)54-51-48-45-42-39-36-32-29-26-23-20-17-14-11-8-5-2/h8-9,11-12,15,17-18,20-21,24-29,31,33,35-36,39,41,44,57H,4-7,10,13-14,16,19,22-23,30,32,34,37-38,40,42-43,45-56H2,1-3H3/b11-8-,12-9-,18-15-,20-17-,24-21-,28-25-,29-26-,31-27-,35-33-,39-36-,44-41-. The van der Waals surface area contributed by atoms with E-state index in [4.69, 9.17) is 14.2 Å². The van der Waals surface area contributed by atoms with E-state index in [9.17, 15) is 14.4 Å². The van der Waals surface area contributed by atoms with Gasteiger partial charge in [-0.25, -0.2) is 0 Å². The van der Waals surface area contributed by atoms with Crippen LogP contribution in [0.15, 0.2) is 134 Å². The molecule has 0 saturated heterocycles. The van der Waals surface area contributed by atoms with E-state index in [2.05, 4.69) is 130 Å². The number of rotatable bonds is 45. The molecular weight excluding hydrogens is 817 g/mol. The first-order valence-electron chi connectivity index (χ1n) is 26.2. The molecule has 1 atom stereocenters. The molecule has 0 aliphatic heterocycles. The summed E-state index contributed by atoms with van der Waals surface area (Å²) in [6.07, 6.45) is 74.4. The molecule has 6 heteroatoms. The largest absolute Gasteiger partial charge is 0.462 e. The third-order valence-corrected chi connectivity index (χ3v) is 10.5. The molecule has 0 aromatic heterocycles. The highest BCUT2D eigenvalue weighted by Crippen LogP contribution is 2.12. The maximum atomic E-state index is 12.8. The Kier molecular flexibility index (Phi) is 49.6. The highest BCUT2D eigenvalue weighted by Gasteiger charge is 2.19. The van der Waals surface area contributed by atoms with Crippen molar-refractivity contribution in [3.05, 3.63) is 134 Å². The van der Waals surface area contributed by atoms with Crippen LogP contribution < -0.4 is 0 Å². The van der Waals surface area contributed by atoms with Crippen molar-refractivity contribution in [3.8, 4) is 0 Å². The summed E-state index contributed by atoms with van der Waals surface area (Å²) in [5.74, 6) is -1.04. The zero-order valence-corrected chi connectivity index (χ0v) is 42.1. The fraction of sp³-hybridized carbons (Fsp3) is 0.583. The van der Waals surface area contributed by atoms with Crippen molar-refractivity contribution >= 4 is 17.9 Å². The number of hydrogen-bond donors (Lipinski definition) is 0. The second-order valence-electron chi connectivity index (χ2n) is 16.8. The monoisotopic (exact) mass is 911 g/mol. The van der Waals surface area contributed by atoms with Crippen molar-refractivity contribution in [2.24, 2.45) is 0 Å². The molecule has 0 amide bonds. The lowest BCUT2D eigenvalue weighted by Crippen LogP contribution is -2.30. The fourth-order valence-corrected chi connectivity index (χ4v) is 6.58. The molecule has 0 saturated carbocycles. The Morgan fingerprint density at radius 2 is 0.682 bits per heavy atom. The molecule has 0 radical (unpaired) electrons. The van der Waals surface area contributed by atoms with Crippen LogP contribution in [0.1, 0.15) is 207 Å². The minimum Gasteiger partial charge on any atom is -0.462 e. The first-order chi connectivity index (χ1) is 32.5. The first kappa shape index (κ1) is 61.5. The van der Waals surface area contributed by atoms with E-state index < -0.39 is 6.10 Å². The van der Waals surface area contributed by atoms with Crippen molar-refractivity contribution in [3.63, 3.8) is 0 Å². The van der Waals surface area contributed by atoms with Crippen LogP contribution in [0, 0.1) is 0 Å². The Labute approximate surface area is 405 Å². The smallest absolute Gasteiger partial charge is 0.306 e. The Morgan fingerprint density at radius 3 is 1.18 bits per heavy atom. The molecule has 66 heavy (non-hydrogen) atoms. The predicted octanol–water partition coefficient (Wildman–Crippen LogP) is 17.5. The molecule has 370 valence electrons. The van der Waals surface area contributed by atoms with E-state index in [0.29, 0.717) is 19.3 Å².